The Hall–Kier alpha value is -2.56. The van der Waals surface area contributed by atoms with Crippen LogP contribution >= 0.6 is 0 Å². The molecule has 30 heavy (non-hydrogen) atoms. The van der Waals surface area contributed by atoms with Gasteiger partial charge in [0, 0.05) is 27.2 Å². The highest BCUT2D eigenvalue weighted by Crippen LogP contribution is 2.30. The number of hydrogen-bond donors (Lipinski definition) is 1. The highest BCUT2D eigenvalue weighted by atomic mass is 32.2. The summed E-state index contributed by atoms with van der Waals surface area (Å²) in [5.41, 5.74) is -0.367. The number of halogens is 3. The summed E-state index contributed by atoms with van der Waals surface area (Å²) in [5, 5.41) is 0. The fraction of sp³-hybridized carbons (Fsp3) is 0.474. The summed E-state index contributed by atoms with van der Waals surface area (Å²) in [6, 6.07) is 4.05. The second-order valence-electron chi connectivity index (χ2n) is 7.41. The van der Waals surface area contributed by atoms with E-state index in [0.29, 0.717) is 11.8 Å². The van der Waals surface area contributed by atoms with Gasteiger partial charge in [0.1, 0.15) is 5.69 Å². The maximum Gasteiger partial charge on any atom is 0.416 e. The van der Waals surface area contributed by atoms with Crippen LogP contribution in [0, 0.1) is 0 Å². The fourth-order valence-electron chi connectivity index (χ4n) is 3.24. The third-order valence-corrected chi connectivity index (χ3v) is 5.97. The van der Waals surface area contributed by atoms with Gasteiger partial charge in [0.15, 0.2) is 5.82 Å². The lowest BCUT2D eigenvalue weighted by molar-refractivity contribution is -0.137. The third kappa shape index (κ3) is 5.53. The number of aromatic nitrogens is 2. The number of nitrogens with zero attached hydrogens (tertiary/aromatic N) is 4. The van der Waals surface area contributed by atoms with Crippen molar-refractivity contribution in [3.8, 4) is 0 Å². The predicted molar refractivity (Wildman–Crippen MR) is 110 cm³/mol. The molecule has 2 aromatic rings. The van der Waals surface area contributed by atoms with Crippen molar-refractivity contribution < 1.29 is 21.6 Å². The summed E-state index contributed by atoms with van der Waals surface area (Å²) >= 11 is 0. The van der Waals surface area contributed by atoms with E-state index in [1.165, 1.54) is 12.6 Å². The molecule has 11 heteroatoms. The zero-order valence-corrected chi connectivity index (χ0v) is 17.6. The second kappa shape index (κ2) is 8.66. The minimum absolute atomic E-state index is 0.215. The van der Waals surface area contributed by atoms with E-state index >= 15 is 0 Å². The molecule has 0 aliphatic carbocycles. The van der Waals surface area contributed by atoms with Crippen LogP contribution in [-0.4, -0.2) is 45.6 Å². The Kier molecular flexibility index (Phi) is 6.39. The van der Waals surface area contributed by atoms with E-state index in [0.717, 1.165) is 50.2 Å². The van der Waals surface area contributed by atoms with Gasteiger partial charge in [0.2, 0.25) is 16.0 Å². The number of benzene rings is 1. The molecule has 0 radical (unpaired) electrons. The molecule has 0 amide bonds. The number of sulfonamides is 1. The van der Waals surface area contributed by atoms with Crippen molar-refractivity contribution >= 4 is 27.5 Å². The van der Waals surface area contributed by atoms with Crippen LogP contribution in [0.1, 0.15) is 30.4 Å². The average Bonchev–Trinajstić information content (AvgIpc) is 2.68. The molecular formula is C19H24F3N5O2S. The van der Waals surface area contributed by atoms with Gasteiger partial charge in [-0.3, -0.25) is 4.72 Å². The Bertz CT molecular complexity index is 973. The Morgan fingerprint density at radius 2 is 1.73 bits per heavy atom. The molecule has 164 valence electrons. The molecule has 7 nitrogen and oxygen atoms in total. The zero-order chi connectivity index (χ0) is 21.9. The number of nitrogens with one attached hydrogen (secondary N) is 1. The van der Waals surface area contributed by atoms with Gasteiger partial charge >= 0.3 is 6.18 Å². The third-order valence-electron chi connectivity index (χ3n) is 4.72. The summed E-state index contributed by atoms with van der Waals surface area (Å²) in [4.78, 5) is 12.6. The molecule has 2 heterocycles. The van der Waals surface area contributed by atoms with E-state index in [-0.39, 0.29) is 11.3 Å². The second-order valence-corrected chi connectivity index (χ2v) is 9.13. The van der Waals surface area contributed by atoms with E-state index in [9.17, 15) is 21.6 Å². The molecule has 0 spiro atoms. The number of rotatable bonds is 6. The van der Waals surface area contributed by atoms with Gasteiger partial charge in [-0.15, -0.1) is 0 Å². The highest BCUT2D eigenvalue weighted by molar-refractivity contribution is 7.91. The number of anilines is 3. The van der Waals surface area contributed by atoms with Crippen LogP contribution in [0.15, 0.2) is 30.5 Å². The molecule has 1 N–H and O–H groups in total. The molecular weight excluding hydrogens is 419 g/mol. The molecule has 1 aliphatic rings. The first-order valence-electron chi connectivity index (χ1n) is 9.51. The van der Waals surface area contributed by atoms with Gasteiger partial charge in [-0.05, 0) is 37.0 Å². The Morgan fingerprint density at radius 1 is 1.10 bits per heavy atom. The van der Waals surface area contributed by atoms with E-state index < -0.39 is 27.5 Å². The van der Waals surface area contributed by atoms with Crippen LogP contribution in [0.25, 0.3) is 0 Å². The smallest absolute Gasteiger partial charge is 0.361 e. The maximum atomic E-state index is 12.7. The lowest BCUT2D eigenvalue weighted by Crippen LogP contribution is -2.31. The van der Waals surface area contributed by atoms with Crippen molar-refractivity contribution in [2.45, 2.75) is 31.2 Å². The van der Waals surface area contributed by atoms with E-state index in [1.54, 1.807) is 19.0 Å². The summed E-state index contributed by atoms with van der Waals surface area (Å²) in [6.45, 7) is 1.71. The van der Waals surface area contributed by atoms with Crippen LogP contribution in [0.3, 0.4) is 0 Å². The summed E-state index contributed by atoms with van der Waals surface area (Å²) in [6.07, 6.45) is 0.240. The predicted octanol–water partition coefficient (Wildman–Crippen LogP) is 3.49. The molecule has 0 unspecified atom stereocenters. The van der Waals surface area contributed by atoms with Crippen molar-refractivity contribution in [1.29, 1.82) is 0 Å². The monoisotopic (exact) mass is 443 g/mol. The largest absolute Gasteiger partial charge is 0.416 e. The van der Waals surface area contributed by atoms with E-state index in [1.807, 2.05) is 0 Å². The summed E-state index contributed by atoms with van der Waals surface area (Å²) in [7, 11) is -0.389. The minimum Gasteiger partial charge on any atom is -0.361 e. The lowest BCUT2D eigenvalue weighted by atomic mass is 10.1. The first-order valence-corrected chi connectivity index (χ1v) is 11.2. The van der Waals surface area contributed by atoms with Crippen LogP contribution in [0.2, 0.25) is 0 Å². The van der Waals surface area contributed by atoms with E-state index in [4.69, 9.17) is 0 Å². The molecule has 0 saturated carbocycles. The summed E-state index contributed by atoms with van der Waals surface area (Å²) < 4.78 is 65.7. The molecule has 1 aliphatic heterocycles. The van der Waals surface area contributed by atoms with Gasteiger partial charge < -0.3 is 9.80 Å². The standard InChI is InChI=1S/C19H24F3N5O2S/c1-26(2)17-16(12-23-18(24-17)27-10-4-3-5-11-27)25-30(28,29)13-14-6-8-15(9-7-14)19(20,21)22/h6-9,12,25H,3-5,10-11,13H2,1-2H3. The van der Waals surface area contributed by atoms with Crippen molar-refractivity contribution in [2.75, 3.05) is 41.7 Å². The van der Waals surface area contributed by atoms with Crippen LogP contribution in [0.5, 0.6) is 0 Å². The molecule has 0 bridgehead atoms. The first kappa shape index (κ1) is 22.1. The van der Waals surface area contributed by atoms with Gasteiger partial charge in [0.05, 0.1) is 17.5 Å². The molecule has 1 aromatic carbocycles. The van der Waals surface area contributed by atoms with Gasteiger partial charge in [-0.25, -0.2) is 13.4 Å². The van der Waals surface area contributed by atoms with Crippen molar-refractivity contribution in [3.63, 3.8) is 0 Å². The Labute approximate surface area is 174 Å². The Balaban J connectivity index is 1.78. The normalized spacial score (nSPS) is 15.2. The lowest BCUT2D eigenvalue weighted by Gasteiger charge is -2.28. The SMILES string of the molecule is CN(C)c1nc(N2CCCCC2)ncc1NS(=O)(=O)Cc1ccc(C(F)(F)F)cc1. The number of alkyl halides is 3. The number of piperidine rings is 1. The quantitative estimate of drug-likeness (QED) is 0.736. The van der Waals surface area contributed by atoms with Crippen LogP contribution in [-0.2, 0) is 22.0 Å². The van der Waals surface area contributed by atoms with Crippen molar-refractivity contribution in [1.82, 2.24) is 9.97 Å². The zero-order valence-electron chi connectivity index (χ0n) is 16.8. The van der Waals surface area contributed by atoms with Crippen LogP contribution < -0.4 is 14.5 Å². The highest BCUT2D eigenvalue weighted by Gasteiger charge is 2.30. The van der Waals surface area contributed by atoms with Gasteiger partial charge in [-0.1, -0.05) is 12.1 Å². The van der Waals surface area contributed by atoms with Gasteiger partial charge in [0.25, 0.3) is 0 Å². The molecule has 3 rings (SSSR count). The minimum atomic E-state index is -4.47. The Morgan fingerprint density at radius 3 is 2.30 bits per heavy atom. The van der Waals surface area contributed by atoms with Crippen molar-refractivity contribution in [3.05, 3.63) is 41.6 Å². The average molecular weight is 443 g/mol. The van der Waals surface area contributed by atoms with E-state index in [2.05, 4.69) is 19.6 Å². The maximum absolute atomic E-state index is 12.7. The topological polar surface area (TPSA) is 78.4 Å². The molecule has 1 fully saturated rings. The summed E-state index contributed by atoms with van der Waals surface area (Å²) in [5.74, 6) is 0.497. The molecule has 1 saturated heterocycles. The first-order chi connectivity index (χ1) is 14.0. The van der Waals surface area contributed by atoms with Crippen molar-refractivity contribution in [2.24, 2.45) is 0 Å². The molecule has 1 aromatic heterocycles. The van der Waals surface area contributed by atoms with Crippen LogP contribution in [0.4, 0.5) is 30.6 Å². The molecule has 0 atom stereocenters. The van der Waals surface area contributed by atoms with Gasteiger partial charge in [-0.2, -0.15) is 18.2 Å². The number of hydrogen-bond acceptors (Lipinski definition) is 6. The fourth-order valence-corrected chi connectivity index (χ4v) is 4.42.